The first-order valence-electron chi connectivity index (χ1n) is 6.89. The molecular formula is C16H25NO2. The first-order valence-corrected chi connectivity index (χ1v) is 6.89. The number of carbonyl (C=O) groups excluding carboxylic acids is 1. The van der Waals surface area contributed by atoms with Crippen LogP contribution >= 0.6 is 0 Å². The molecule has 0 saturated heterocycles. The monoisotopic (exact) mass is 263 g/mol. The summed E-state index contributed by atoms with van der Waals surface area (Å²) in [5.41, 5.74) is 1.91. The zero-order valence-corrected chi connectivity index (χ0v) is 12.4. The topological polar surface area (TPSA) is 49.3 Å². The van der Waals surface area contributed by atoms with Crippen LogP contribution in [0.4, 0.5) is 0 Å². The van der Waals surface area contributed by atoms with E-state index in [1.807, 2.05) is 45.0 Å². The second-order valence-corrected chi connectivity index (χ2v) is 5.95. The van der Waals surface area contributed by atoms with Crippen molar-refractivity contribution >= 4 is 5.91 Å². The molecule has 0 saturated carbocycles. The Morgan fingerprint density at radius 2 is 1.84 bits per heavy atom. The molecule has 0 aromatic heterocycles. The lowest BCUT2D eigenvalue weighted by Gasteiger charge is -2.21. The maximum Gasteiger partial charge on any atom is 0.220 e. The minimum Gasteiger partial charge on any atom is -0.388 e. The molecule has 0 aliphatic rings. The number of aryl methyl sites for hydroxylation is 1. The van der Waals surface area contributed by atoms with Gasteiger partial charge in [-0.15, -0.1) is 0 Å². The Morgan fingerprint density at radius 3 is 2.32 bits per heavy atom. The molecule has 0 radical (unpaired) electrons. The van der Waals surface area contributed by atoms with Crippen LogP contribution in [0, 0.1) is 0 Å². The van der Waals surface area contributed by atoms with Crippen LogP contribution in [0.1, 0.15) is 57.8 Å². The van der Waals surface area contributed by atoms with Gasteiger partial charge in [0.05, 0.1) is 6.10 Å². The molecule has 1 atom stereocenters. The van der Waals surface area contributed by atoms with Crippen LogP contribution in [0.15, 0.2) is 24.3 Å². The number of aliphatic hydroxyl groups excluding tert-OH is 1. The van der Waals surface area contributed by atoms with Crippen LogP contribution in [0.25, 0.3) is 0 Å². The molecule has 0 bridgehead atoms. The van der Waals surface area contributed by atoms with Crippen LogP contribution in [-0.2, 0) is 11.2 Å². The Bertz CT molecular complexity index is 404. The molecular weight excluding hydrogens is 238 g/mol. The minimum atomic E-state index is -0.573. The average Bonchev–Trinajstić information content (AvgIpc) is 2.34. The lowest BCUT2D eigenvalue weighted by molar-refractivity contribution is -0.123. The number of benzene rings is 1. The van der Waals surface area contributed by atoms with E-state index in [0.717, 1.165) is 12.0 Å². The number of amides is 1. The lowest BCUT2D eigenvalue weighted by Crippen LogP contribution is -2.40. The van der Waals surface area contributed by atoms with Crippen LogP contribution in [-0.4, -0.2) is 16.6 Å². The Labute approximate surface area is 116 Å². The van der Waals surface area contributed by atoms with Gasteiger partial charge in [-0.3, -0.25) is 4.79 Å². The van der Waals surface area contributed by atoms with Crippen molar-refractivity contribution in [3.8, 4) is 0 Å². The molecule has 0 aliphatic carbocycles. The second-order valence-electron chi connectivity index (χ2n) is 5.95. The number of nitrogens with one attached hydrogen (secondary N) is 1. The molecule has 106 valence electrons. The highest BCUT2D eigenvalue weighted by Crippen LogP contribution is 2.19. The third-order valence-corrected chi connectivity index (χ3v) is 2.93. The van der Waals surface area contributed by atoms with Crippen molar-refractivity contribution in [3.05, 3.63) is 35.4 Å². The Morgan fingerprint density at radius 1 is 1.26 bits per heavy atom. The number of hydrogen-bond donors (Lipinski definition) is 2. The van der Waals surface area contributed by atoms with E-state index in [0.29, 0.717) is 12.8 Å². The van der Waals surface area contributed by atoms with Crippen molar-refractivity contribution in [2.75, 3.05) is 0 Å². The van der Waals surface area contributed by atoms with Gasteiger partial charge in [-0.25, -0.2) is 0 Å². The van der Waals surface area contributed by atoms with E-state index < -0.39 is 6.10 Å². The summed E-state index contributed by atoms with van der Waals surface area (Å²) in [7, 11) is 0. The van der Waals surface area contributed by atoms with Gasteiger partial charge >= 0.3 is 0 Å². The molecule has 0 spiro atoms. The van der Waals surface area contributed by atoms with Gasteiger partial charge < -0.3 is 10.4 Å². The molecule has 0 heterocycles. The van der Waals surface area contributed by atoms with E-state index in [2.05, 4.69) is 12.2 Å². The maximum atomic E-state index is 11.7. The summed E-state index contributed by atoms with van der Waals surface area (Å²) in [4.78, 5) is 11.7. The number of rotatable bonds is 5. The number of aliphatic hydroxyl groups is 1. The summed E-state index contributed by atoms with van der Waals surface area (Å²) >= 11 is 0. The quantitative estimate of drug-likeness (QED) is 0.858. The summed E-state index contributed by atoms with van der Waals surface area (Å²) in [6.07, 6.45) is 1.21. The summed E-state index contributed by atoms with van der Waals surface area (Å²) in [6.45, 7) is 7.95. The fourth-order valence-electron chi connectivity index (χ4n) is 1.89. The highest BCUT2D eigenvalue weighted by atomic mass is 16.3. The van der Waals surface area contributed by atoms with Gasteiger partial charge in [-0.05, 0) is 44.7 Å². The SMILES string of the molecule is CCc1ccc(C(O)CCC(=O)NC(C)(C)C)cc1. The molecule has 1 rings (SSSR count). The van der Waals surface area contributed by atoms with Gasteiger partial charge in [0.1, 0.15) is 0 Å². The van der Waals surface area contributed by atoms with Gasteiger partial charge in [0.2, 0.25) is 5.91 Å². The highest BCUT2D eigenvalue weighted by Gasteiger charge is 2.15. The molecule has 2 N–H and O–H groups in total. The zero-order chi connectivity index (χ0) is 14.5. The third kappa shape index (κ3) is 5.88. The first-order chi connectivity index (χ1) is 8.81. The fraction of sp³-hybridized carbons (Fsp3) is 0.562. The molecule has 1 aromatic carbocycles. The lowest BCUT2D eigenvalue weighted by atomic mass is 10.0. The van der Waals surface area contributed by atoms with E-state index in [1.54, 1.807) is 0 Å². The molecule has 1 amide bonds. The summed E-state index contributed by atoms with van der Waals surface area (Å²) in [5.74, 6) is -0.0169. The minimum absolute atomic E-state index is 0.0169. The van der Waals surface area contributed by atoms with Crippen LogP contribution in [0.5, 0.6) is 0 Å². The molecule has 1 unspecified atom stereocenters. The van der Waals surface area contributed by atoms with Crippen LogP contribution in [0.3, 0.4) is 0 Å². The smallest absolute Gasteiger partial charge is 0.220 e. The van der Waals surface area contributed by atoms with Gasteiger partial charge in [-0.1, -0.05) is 31.2 Å². The summed E-state index contributed by atoms with van der Waals surface area (Å²) < 4.78 is 0. The predicted octanol–water partition coefficient (Wildman–Crippen LogP) is 2.98. The second kappa shape index (κ2) is 6.71. The molecule has 3 heteroatoms. The Kier molecular flexibility index (Phi) is 5.55. The van der Waals surface area contributed by atoms with Crippen LogP contribution in [0.2, 0.25) is 0 Å². The molecule has 0 fully saturated rings. The average molecular weight is 263 g/mol. The molecule has 19 heavy (non-hydrogen) atoms. The van der Waals surface area contributed by atoms with E-state index in [9.17, 15) is 9.90 Å². The van der Waals surface area contributed by atoms with Crippen molar-refractivity contribution in [2.45, 2.75) is 58.6 Å². The van der Waals surface area contributed by atoms with Crippen molar-refractivity contribution < 1.29 is 9.90 Å². The van der Waals surface area contributed by atoms with E-state index in [-0.39, 0.29) is 11.4 Å². The summed E-state index contributed by atoms with van der Waals surface area (Å²) in [5, 5.41) is 12.9. The van der Waals surface area contributed by atoms with E-state index >= 15 is 0 Å². The zero-order valence-electron chi connectivity index (χ0n) is 12.4. The largest absolute Gasteiger partial charge is 0.388 e. The fourth-order valence-corrected chi connectivity index (χ4v) is 1.89. The van der Waals surface area contributed by atoms with Gasteiger partial charge in [0, 0.05) is 12.0 Å². The first kappa shape index (κ1) is 15.7. The molecule has 1 aromatic rings. The van der Waals surface area contributed by atoms with Crippen LogP contribution < -0.4 is 5.32 Å². The van der Waals surface area contributed by atoms with Gasteiger partial charge in [-0.2, -0.15) is 0 Å². The van der Waals surface area contributed by atoms with Crippen molar-refractivity contribution in [2.24, 2.45) is 0 Å². The standard InChI is InChI=1S/C16H25NO2/c1-5-12-6-8-13(9-7-12)14(18)10-11-15(19)17-16(2,3)4/h6-9,14,18H,5,10-11H2,1-4H3,(H,17,19). The van der Waals surface area contributed by atoms with Crippen molar-refractivity contribution in [1.29, 1.82) is 0 Å². The normalized spacial score (nSPS) is 13.1. The predicted molar refractivity (Wildman–Crippen MR) is 77.9 cm³/mol. The van der Waals surface area contributed by atoms with E-state index in [4.69, 9.17) is 0 Å². The van der Waals surface area contributed by atoms with Gasteiger partial charge in [0.25, 0.3) is 0 Å². The van der Waals surface area contributed by atoms with Crippen molar-refractivity contribution in [3.63, 3.8) is 0 Å². The van der Waals surface area contributed by atoms with E-state index in [1.165, 1.54) is 5.56 Å². The number of hydrogen-bond acceptors (Lipinski definition) is 2. The number of carbonyl (C=O) groups is 1. The Hall–Kier alpha value is -1.35. The third-order valence-electron chi connectivity index (χ3n) is 2.93. The maximum absolute atomic E-state index is 11.7. The Balaban J connectivity index is 2.46. The van der Waals surface area contributed by atoms with Crippen molar-refractivity contribution in [1.82, 2.24) is 5.32 Å². The highest BCUT2D eigenvalue weighted by molar-refractivity contribution is 5.76. The van der Waals surface area contributed by atoms with Gasteiger partial charge in [0.15, 0.2) is 0 Å². The molecule has 3 nitrogen and oxygen atoms in total. The summed E-state index contributed by atoms with van der Waals surface area (Å²) in [6, 6.07) is 7.91. The molecule has 0 aliphatic heterocycles.